The molecule has 0 bridgehead atoms. The highest BCUT2D eigenvalue weighted by molar-refractivity contribution is 7.92. The van der Waals surface area contributed by atoms with E-state index in [1.165, 1.54) is 54.6 Å². The maximum absolute atomic E-state index is 15.7. The number of nitrogens with two attached hydrogens (primary N) is 1. The van der Waals surface area contributed by atoms with Gasteiger partial charge in [-0.3, -0.25) is 0 Å². The molecule has 0 aliphatic carbocycles. The average molecular weight is 585 g/mol. The lowest BCUT2D eigenvalue weighted by Crippen LogP contribution is -2.60. The van der Waals surface area contributed by atoms with Crippen LogP contribution in [0.3, 0.4) is 0 Å². The Morgan fingerprint density at radius 1 is 0.829 bits per heavy atom. The van der Waals surface area contributed by atoms with E-state index in [0.717, 1.165) is 6.26 Å². The number of anilines is 1. The van der Waals surface area contributed by atoms with Gasteiger partial charge in [0.1, 0.15) is 12.4 Å². The summed E-state index contributed by atoms with van der Waals surface area (Å²) in [4.78, 5) is 0. The summed E-state index contributed by atoms with van der Waals surface area (Å²) < 4.78 is 80.9. The third-order valence-electron chi connectivity index (χ3n) is 6.75. The standard InChI is InChI=1S/C31H31F3N2O4S/c1-41(38,39)36(27-19-11-18-26(28(37)21-35)29(27)40-22-24-14-7-3-8-15-24)30(31(32,33)34,25-16-9-4-10-17-25)20-23-12-5-2-6-13-23/h2-19,28,37H,20-22,35H2,1H3. The topological polar surface area (TPSA) is 92.9 Å². The van der Waals surface area contributed by atoms with Crippen molar-refractivity contribution in [1.29, 1.82) is 0 Å². The van der Waals surface area contributed by atoms with Gasteiger partial charge in [-0.15, -0.1) is 0 Å². The lowest BCUT2D eigenvalue weighted by molar-refractivity contribution is -0.187. The largest absolute Gasteiger partial charge is 0.486 e. The molecule has 4 aromatic carbocycles. The minimum atomic E-state index is -5.10. The van der Waals surface area contributed by atoms with Gasteiger partial charge in [-0.1, -0.05) is 103 Å². The molecule has 0 heterocycles. The van der Waals surface area contributed by atoms with Crippen molar-refractivity contribution >= 4 is 15.7 Å². The van der Waals surface area contributed by atoms with Crippen LogP contribution in [0.15, 0.2) is 109 Å². The summed E-state index contributed by atoms with van der Waals surface area (Å²) in [5.41, 5.74) is 3.02. The first-order valence-electron chi connectivity index (χ1n) is 12.8. The van der Waals surface area contributed by atoms with E-state index < -0.39 is 34.3 Å². The van der Waals surface area contributed by atoms with Crippen LogP contribution in [-0.4, -0.2) is 32.5 Å². The fourth-order valence-electron chi connectivity index (χ4n) is 4.92. The SMILES string of the molecule is CS(=O)(=O)N(c1cccc(C(O)CN)c1OCc1ccccc1)C(Cc1ccccc1)(c1ccccc1)C(F)(F)F. The Labute approximate surface area is 237 Å². The summed E-state index contributed by atoms with van der Waals surface area (Å²) in [6.07, 6.45) is -6.43. The number of nitrogens with zero attached hydrogens (tertiary/aromatic N) is 1. The normalized spacial score (nSPS) is 14.2. The number of benzene rings is 4. The van der Waals surface area contributed by atoms with E-state index in [1.54, 1.807) is 54.6 Å². The van der Waals surface area contributed by atoms with Crippen molar-refractivity contribution in [3.63, 3.8) is 0 Å². The average Bonchev–Trinajstić information content (AvgIpc) is 2.95. The number of aliphatic hydroxyl groups excluding tert-OH is 1. The Morgan fingerprint density at radius 3 is 1.88 bits per heavy atom. The molecule has 0 spiro atoms. The molecule has 216 valence electrons. The number of hydrogen-bond acceptors (Lipinski definition) is 5. The Bertz CT molecular complexity index is 1540. The summed E-state index contributed by atoms with van der Waals surface area (Å²) in [6.45, 7) is -0.361. The minimum Gasteiger partial charge on any atom is -0.486 e. The number of rotatable bonds is 11. The molecule has 0 aliphatic rings. The van der Waals surface area contributed by atoms with Crippen molar-refractivity contribution in [3.8, 4) is 5.75 Å². The first-order chi connectivity index (χ1) is 19.5. The molecule has 0 amide bonds. The number of aliphatic hydroxyl groups is 1. The van der Waals surface area contributed by atoms with Crippen LogP contribution < -0.4 is 14.8 Å². The van der Waals surface area contributed by atoms with Crippen molar-refractivity contribution in [3.05, 3.63) is 131 Å². The van der Waals surface area contributed by atoms with Crippen molar-refractivity contribution < 1.29 is 31.4 Å². The van der Waals surface area contributed by atoms with E-state index in [0.29, 0.717) is 9.87 Å². The van der Waals surface area contributed by atoms with Crippen LogP contribution in [-0.2, 0) is 28.6 Å². The fourth-order valence-corrected chi connectivity index (χ4v) is 6.26. The van der Waals surface area contributed by atoms with Gasteiger partial charge < -0.3 is 15.6 Å². The third kappa shape index (κ3) is 6.40. The van der Waals surface area contributed by atoms with Crippen molar-refractivity contribution in [1.82, 2.24) is 0 Å². The molecule has 0 aliphatic heterocycles. The molecule has 6 nitrogen and oxygen atoms in total. The van der Waals surface area contributed by atoms with E-state index in [4.69, 9.17) is 10.5 Å². The number of hydrogen-bond donors (Lipinski definition) is 2. The van der Waals surface area contributed by atoms with Crippen molar-refractivity contribution in [2.75, 3.05) is 17.1 Å². The van der Waals surface area contributed by atoms with Crippen LogP contribution in [0.25, 0.3) is 0 Å². The number of halogens is 3. The van der Waals surface area contributed by atoms with Crippen molar-refractivity contribution in [2.45, 2.75) is 30.8 Å². The Balaban J connectivity index is 2.05. The molecule has 2 atom stereocenters. The van der Waals surface area contributed by atoms with Gasteiger partial charge in [0.15, 0.2) is 5.54 Å². The van der Waals surface area contributed by atoms with Crippen LogP contribution in [0, 0.1) is 0 Å². The summed E-state index contributed by atoms with van der Waals surface area (Å²) >= 11 is 0. The quantitative estimate of drug-likeness (QED) is 0.235. The molecule has 0 saturated heterocycles. The maximum Gasteiger partial charge on any atom is 0.417 e. The zero-order chi connectivity index (χ0) is 29.7. The van der Waals surface area contributed by atoms with E-state index in [-0.39, 0.29) is 41.3 Å². The molecule has 0 fully saturated rings. The van der Waals surface area contributed by atoms with E-state index in [9.17, 15) is 13.5 Å². The minimum absolute atomic E-state index is 0.0680. The Kier molecular flexibility index (Phi) is 9.06. The summed E-state index contributed by atoms with van der Waals surface area (Å²) in [6, 6.07) is 27.8. The van der Waals surface area contributed by atoms with Crippen LogP contribution in [0.1, 0.15) is 28.4 Å². The molecule has 3 N–H and O–H groups in total. The summed E-state index contributed by atoms with van der Waals surface area (Å²) in [5, 5.41) is 10.7. The second-order valence-corrected chi connectivity index (χ2v) is 11.5. The molecular weight excluding hydrogens is 553 g/mol. The highest BCUT2D eigenvalue weighted by Crippen LogP contribution is 2.52. The first kappa shape index (κ1) is 30.1. The van der Waals surface area contributed by atoms with Crippen LogP contribution >= 0.6 is 0 Å². The third-order valence-corrected chi connectivity index (χ3v) is 7.92. The zero-order valence-electron chi connectivity index (χ0n) is 22.3. The summed E-state index contributed by atoms with van der Waals surface area (Å²) in [5.74, 6) is -0.211. The molecule has 4 aromatic rings. The monoisotopic (exact) mass is 584 g/mol. The van der Waals surface area contributed by atoms with Crippen molar-refractivity contribution in [2.24, 2.45) is 5.73 Å². The predicted molar refractivity (Wildman–Crippen MR) is 153 cm³/mol. The van der Waals surface area contributed by atoms with E-state index in [2.05, 4.69) is 0 Å². The highest BCUT2D eigenvalue weighted by Gasteiger charge is 2.63. The molecule has 41 heavy (non-hydrogen) atoms. The van der Waals surface area contributed by atoms with Crippen LogP contribution in [0.4, 0.5) is 18.9 Å². The molecule has 4 rings (SSSR count). The summed E-state index contributed by atoms with van der Waals surface area (Å²) in [7, 11) is -4.66. The number of para-hydroxylation sites is 1. The molecule has 0 saturated carbocycles. The molecule has 0 radical (unpaired) electrons. The predicted octanol–water partition coefficient (Wildman–Crippen LogP) is 5.72. The smallest absolute Gasteiger partial charge is 0.417 e. The second kappa shape index (κ2) is 12.3. The van der Waals surface area contributed by atoms with Gasteiger partial charge in [0, 0.05) is 18.5 Å². The lowest BCUT2D eigenvalue weighted by atomic mass is 9.82. The Hall–Kier alpha value is -3.86. The molecule has 0 aromatic heterocycles. The van der Waals surface area contributed by atoms with Gasteiger partial charge in [-0.25, -0.2) is 12.7 Å². The molecular formula is C31H31F3N2O4S. The number of sulfonamides is 1. The zero-order valence-corrected chi connectivity index (χ0v) is 23.1. The number of ether oxygens (including phenoxy) is 1. The van der Waals surface area contributed by atoms with E-state index in [1.807, 2.05) is 0 Å². The Morgan fingerprint density at radius 2 is 1.37 bits per heavy atom. The second-order valence-electron chi connectivity index (χ2n) is 9.64. The first-order valence-corrected chi connectivity index (χ1v) is 14.7. The van der Waals surface area contributed by atoms with Gasteiger partial charge in [-0.2, -0.15) is 13.2 Å². The molecule has 2 unspecified atom stereocenters. The fraction of sp³-hybridized carbons (Fsp3) is 0.226. The highest BCUT2D eigenvalue weighted by atomic mass is 32.2. The van der Waals surface area contributed by atoms with Crippen LogP contribution in [0.5, 0.6) is 5.75 Å². The maximum atomic E-state index is 15.7. The van der Waals surface area contributed by atoms with Crippen LogP contribution in [0.2, 0.25) is 0 Å². The van der Waals surface area contributed by atoms with Gasteiger partial charge >= 0.3 is 6.18 Å². The van der Waals surface area contributed by atoms with Gasteiger partial charge in [-0.05, 0) is 22.8 Å². The lowest BCUT2D eigenvalue weighted by Gasteiger charge is -2.45. The number of alkyl halides is 3. The van der Waals surface area contributed by atoms with Gasteiger partial charge in [0.2, 0.25) is 10.0 Å². The van der Waals surface area contributed by atoms with E-state index >= 15 is 13.2 Å². The van der Waals surface area contributed by atoms with Gasteiger partial charge in [0.25, 0.3) is 0 Å². The van der Waals surface area contributed by atoms with Gasteiger partial charge in [0.05, 0.1) is 18.0 Å². The molecule has 10 heteroatoms.